The van der Waals surface area contributed by atoms with Crippen LogP contribution in [0.5, 0.6) is 0 Å². The fourth-order valence-electron chi connectivity index (χ4n) is 4.52. The number of fused-ring (bicyclic) bond motifs is 2. The summed E-state index contributed by atoms with van der Waals surface area (Å²) in [5, 5.41) is 13.1. The maximum absolute atomic E-state index is 13.2. The Morgan fingerprint density at radius 1 is 1.39 bits per heavy atom. The highest BCUT2D eigenvalue weighted by molar-refractivity contribution is 6.37. The first-order chi connectivity index (χ1) is 14.9. The van der Waals surface area contributed by atoms with Crippen LogP contribution in [0.1, 0.15) is 51.9 Å². The van der Waals surface area contributed by atoms with E-state index in [4.69, 9.17) is 15.1 Å². The monoisotopic (exact) mass is 434 g/mol. The van der Waals surface area contributed by atoms with E-state index in [-0.39, 0.29) is 38.1 Å². The number of nitrogens with zero attached hydrogens (tertiary/aromatic N) is 1. The molecule has 9 nitrogen and oxygen atoms in total. The van der Waals surface area contributed by atoms with Gasteiger partial charge in [-0.1, -0.05) is 25.0 Å². The van der Waals surface area contributed by atoms with Crippen LogP contribution in [-0.2, 0) is 23.8 Å². The highest BCUT2D eigenvalue weighted by Gasteiger charge is 2.62. The van der Waals surface area contributed by atoms with Gasteiger partial charge in [0.15, 0.2) is 0 Å². The molecule has 2 fully saturated rings. The summed E-state index contributed by atoms with van der Waals surface area (Å²) in [5.41, 5.74) is 4.33. The fourth-order valence-corrected chi connectivity index (χ4v) is 4.52. The van der Waals surface area contributed by atoms with Crippen molar-refractivity contribution in [1.82, 2.24) is 10.2 Å². The fraction of sp³-hybridized carbons (Fsp3) is 0.762. The van der Waals surface area contributed by atoms with Gasteiger partial charge in [0.05, 0.1) is 19.4 Å². The van der Waals surface area contributed by atoms with E-state index in [2.05, 4.69) is 11.4 Å². The number of nitrogens with one attached hydrogen (secondary N) is 1. The summed E-state index contributed by atoms with van der Waals surface area (Å²) in [7, 11) is 1.44. The van der Waals surface area contributed by atoms with Crippen molar-refractivity contribution >= 4 is 25.3 Å². The molecule has 1 saturated carbocycles. The number of allylic oxidation sites excluding steroid dienone is 1. The Morgan fingerprint density at radius 3 is 2.94 bits per heavy atom. The number of carbonyl (C=O) groups is 3. The molecule has 10 heteroatoms. The number of nitrogens with two attached hydrogens (primary N) is 1. The van der Waals surface area contributed by atoms with Crippen molar-refractivity contribution in [3.63, 3.8) is 0 Å². The molecule has 4 N–H and O–H groups in total. The standard InChI is InChI=1S/C21H33BN3O6/c1-2-30-20(29)21-11-14(21)8-6-4-3-5-7-9-16(22-31-13-23)19(28)25-12-15(26)10-17(25)18(27)24-21/h6,8,14-17,26H,2-5,7,9-13,23H2,1H3,(H,24,27)/b8-6-/t14-,15-,16+,17+,21-/m1/s1. The molecule has 0 unspecified atom stereocenters. The molecule has 5 atom stereocenters. The Hall–Kier alpha value is -1.91. The first kappa shape index (κ1) is 23.8. The van der Waals surface area contributed by atoms with E-state index in [1.807, 2.05) is 6.08 Å². The van der Waals surface area contributed by atoms with E-state index in [1.165, 1.54) is 12.4 Å². The lowest BCUT2D eigenvalue weighted by atomic mass is 9.75. The molecule has 2 aliphatic heterocycles. The first-order valence-electron chi connectivity index (χ1n) is 11.2. The van der Waals surface area contributed by atoms with Gasteiger partial charge in [0.25, 0.3) is 0 Å². The Bertz CT molecular complexity index is 705. The molecule has 171 valence electrons. The number of hydrogen-bond donors (Lipinski definition) is 3. The molecule has 3 aliphatic rings. The molecule has 0 bridgehead atoms. The van der Waals surface area contributed by atoms with Gasteiger partial charge in [-0.25, -0.2) is 4.79 Å². The maximum atomic E-state index is 13.2. The van der Waals surface area contributed by atoms with Gasteiger partial charge < -0.3 is 30.4 Å². The van der Waals surface area contributed by atoms with Crippen molar-refractivity contribution in [2.75, 3.05) is 19.9 Å². The van der Waals surface area contributed by atoms with Crippen LogP contribution < -0.4 is 11.1 Å². The number of aliphatic hydroxyl groups is 1. The van der Waals surface area contributed by atoms with Crippen LogP contribution in [0.2, 0.25) is 5.82 Å². The number of aliphatic hydroxyl groups excluding tert-OH is 1. The highest BCUT2D eigenvalue weighted by atomic mass is 16.5. The van der Waals surface area contributed by atoms with Crippen LogP contribution in [-0.4, -0.2) is 72.8 Å². The van der Waals surface area contributed by atoms with Crippen molar-refractivity contribution in [1.29, 1.82) is 0 Å². The van der Waals surface area contributed by atoms with Gasteiger partial charge in [-0.05, 0) is 32.6 Å². The highest BCUT2D eigenvalue weighted by Crippen LogP contribution is 2.46. The van der Waals surface area contributed by atoms with Crippen molar-refractivity contribution in [2.45, 2.75) is 75.4 Å². The van der Waals surface area contributed by atoms with E-state index in [1.54, 1.807) is 6.92 Å². The third-order valence-electron chi connectivity index (χ3n) is 6.29. The second-order valence-corrected chi connectivity index (χ2v) is 8.53. The van der Waals surface area contributed by atoms with Gasteiger partial charge in [-0.3, -0.25) is 9.59 Å². The Kier molecular flexibility index (Phi) is 8.13. The summed E-state index contributed by atoms with van der Waals surface area (Å²) in [6.07, 6.45) is 8.02. The largest absolute Gasteiger partial charge is 0.464 e. The summed E-state index contributed by atoms with van der Waals surface area (Å²) in [6, 6.07) is -0.849. The van der Waals surface area contributed by atoms with Crippen molar-refractivity contribution in [3.05, 3.63) is 12.2 Å². The average molecular weight is 434 g/mol. The molecule has 2 heterocycles. The minimum atomic E-state index is -1.10. The minimum absolute atomic E-state index is 0.0371. The smallest absolute Gasteiger partial charge is 0.332 e. The summed E-state index contributed by atoms with van der Waals surface area (Å²) in [4.78, 5) is 40.5. The summed E-state index contributed by atoms with van der Waals surface area (Å²) in [6.45, 7) is 1.98. The van der Waals surface area contributed by atoms with Gasteiger partial charge in [0.2, 0.25) is 11.8 Å². The summed E-state index contributed by atoms with van der Waals surface area (Å²) < 4.78 is 10.4. The zero-order valence-electron chi connectivity index (χ0n) is 18.1. The van der Waals surface area contributed by atoms with Crippen molar-refractivity contribution < 1.29 is 28.9 Å². The molecule has 31 heavy (non-hydrogen) atoms. The number of hydrogen-bond acceptors (Lipinski definition) is 7. The molecule has 0 aromatic heterocycles. The molecule has 0 spiro atoms. The van der Waals surface area contributed by atoms with E-state index >= 15 is 0 Å². The van der Waals surface area contributed by atoms with Gasteiger partial charge in [-0.15, -0.1) is 0 Å². The van der Waals surface area contributed by atoms with Crippen LogP contribution in [0.15, 0.2) is 12.2 Å². The third-order valence-corrected chi connectivity index (χ3v) is 6.29. The van der Waals surface area contributed by atoms with Gasteiger partial charge in [-0.2, -0.15) is 0 Å². The summed E-state index contributed by atoms with van der Waals surface area (Å²) >= 11 is 0. The normalized spacial score (nSPS) is 35.1. The van der Waals surface area contributed by atoms with E-state index in [9.17, 15) is 19.5 Å². The molecular formula is C21H33BN3O6. The van der Waals surface area contributed by atoms with Crippen LogP contribution in [0.4, 0.5) is 0 Å². The second kappa shape index (κ2) is 10.6. The number of rotatable bonds is 5. The average Bonchev–Trinajstić information content (AvgIpc) is 3.29. The second-order valence-electron chi connectivity index (χ2n) is 8.53. The lowest BCUT2D eigenvalue weighted by Crippen LogP contribution is -2.54. The first-order valence-corrected chi connectivity index (χ1v) is 11.2. The number of ether oxygens (including phenoxy) is 1. The Balaban J connectivity index is 1.84. The van der Waals surface area contributed by atoms with E-state index < -0.39 is 35.4 Å². The lowest BCUT2D eigenvalue weighted by molar-refractivity contribution is -0.150. The number of carbonyl (C=O) groups excluding carboxylic acids is 3. The van der Waals surface area contributed by atoms with Gasteiger partial charge in [0.1, 0.15) is 11.6 Å². The molecule has 0 aromatic rings. The van der Waals surface area contributed by atoms with Crippen molar-refractivity contribution in [3.8, 4) is 0 Å². The van der Waals surface area contributed by atoms with E-state index in [0.717, 1.165) is 25.7 Å². The lowest BCUT2D eigenvalue weighted by Gasteiger charge is -2.29. The molecular weight excluding hydrogens is 401 g/mol. The zero-order valence-corrected chi connectivity index (χ0v) is 18.1. The molecule has 3 rings (SSSR count). The SMILES string of the molecule is CCOC(=O)[C@@]12C[C@H]1/C=C\CCCCC[C@H]([B]OCN)C(=O)N1C[C@H](O)C[C@H]1C(=O)N2. The molecule has 1 aliphatic carbocycles. The quantitative estimate of drug-likeness (QED) is 0.245. The molecule has 1 radical (unpaired) electrons. The number of esters is 1. The van der Waals surface area contributed by atoms with Crippen LogP contribution in [0, 0.1) is 5.92 Å². The Labute approximate surface area is 184 Å². The number of amides is 2. The summed E-state index contributed by atoms with van der Waals surface area (Å²) in [5.74, 6) is -1.84. The predicted octanol–water partition coefficient (Wildman–Crippen LogP) is 0.247. The van der Waals surface area contributed by atoms with Gasteiger partial charge >= 0.3 is 13.5 Å². The van der Waals surface area contributed by atoms with Crippen LogP contribution >= 0.6 is 0 Å². The topological polar surface area (TPSA) is 131 Å². The van der Waals surface area contributed by atoms with Crippen molar-refractivity contribution in [2.24, 2.45) is 11.7 Å². The zero-order chi connectivity index (χ0) is 22.4. The van der Waals surface area contributed by atoms with Gasteiger partial charge in [0, 0.05) is 24.7 Å². The maximum Gasteiger partial charge on any atom is 0.332 e. The minimum Gasteiger partial charge on any atom is -0.464 e. The third kappa shape index (κ3) is 5.48. The molecule has 1 saturated heterocycles. The Morgan fingerprint density at radius 2 is 2.19 bits per heavy atom. The molecule has 2 amide bonds. The van der Waals surface area contributed by atoms with Crippen LogP contribution in [0.25, 0.3) is 0 Å². The molecule has 0 aromatic carbocycles. The van der Waals surface area contributed by atoms with E-state index in [0.29, 0.717) is 12.8 Å². The van der Waals surface area contributed by atoms with Crippen LogP contribution in [0.3, 0.4) is 0 Å². The predicted molar refractivity (Wildman–Crippen MR) is 114 cm³/mol.